The van der Waals surface area contributed by atoms with E-state index >= 15 is 0 Å². The highest BCUT2D eigenvalue weighted by molar-refractivity contribution is 6.34. The van der Waals surface area contributed by atoms with Crippen LogP contribution in [0.4, 0.5) is 0 Å². The molecule has 2 aromatic carbocycles. The van der Waals surface area contributed by atoms with Crippen LogP contribution in [0, 0.1) is 6.92 Å². The predicted octanol–water partition coefficient (Wildman–Crippen LogP) is 6.51. The lowest BCUT2D eigenvalue weighted by molar-refractivity contribution is 0.0544. The van der Waals surface area contributed by atoms with Crippen LogP contribution in [-0.2, 0) is 13.0 Å². The van der Waals surface area contributed by atoms with Crippen molar-refractivity contribution in [1.82, 2.24) is 24.6 Å². The first-order chi connectivity index (χ1) is 22.3. The molecule has 1 N–H and O–H groups in total. The fraction of sp³-hybridized carbons (Fsp3) is 0.389. The van der Waals surface area contributed by atoms with Crippen molar-refractivity contribution in [3.8, 4) is 22.6 Å². The van der Waals surface area contributed by atoms with Crippen molar-refractivity contribution in [2.24, 2.45) is 0 Å². The average Bonchev–Trinajstić information content (AvgIpc) is 3.39. The third-order valence-electron chi connectivity index (χ3n) is 8.69. The molecule has 0 saturated heterocycles. The lowest BCUT2D eigenvalue weighted by Gasteiger charge is -2.36. The third-order valence-corrected chi connectivity index (χ3v) is 9.15. The summed E-state index contributed by atoms with van der Waals surface area (Å²) < 4.78 is 7.18. The van der Waals surface area contributed by atoms with Crippen molar-refractivity contribution in [2.75, 3.05) is 26.8 Å². The quantitative estimate of drug-likeness (QED) is 0.189. The average molecular weight is 644 g/mol. The molecule has 46 heavy (non-hydrogen) atoms. The molecule has 0 spiro atoms. The fourth-order valence-electron chi connectivity index (χ4n) is 6.00. The third kappa shape index (κ3) is 6.66. The molecule has 2 aromatic heterocycles. The maximum atomic E-state index is 14.6. The van der Waals surface area contributed by atoms with Gasteiger partial charge in [-0.3, -0.25) is 14.6 Å². The molecule has 9 nitrogen and oxygen atoms in total. The predicted molar refractivity (Wildman–Crippen MR) is 180 cm³/mol. The summed E-state index contributed by atoms with van der Waals surface area (Å²) in [5.74, 6) is 0.0943. The molecule has 0 radical (unpaired) electrons. The van der Waals surface area contributed by atoms with Crippen LogP contribution in [0.1, 0.15) is 77.2 Å². The van der Waals surface area contributed by atoms with Crippen molar-refractivity contribution in [3.63, 3.8) is 0 Å². The second-order valence-electron chi connectivity index (χ2n) is 11.7. The molecule has 0 unspecified atom stereocenters. The number of aliphatic hydroxyl groups is 1. The summed E-state index contributed by atoms with van der Waals surface area (Å²) in [4.78, 5) is 36.1. The number of ether oxygens (including phenoxy) is 1. The van der Waals surface area contributed by atoms with E-state index in [1.807, 2.05) is 53.4 Å². The summed E-state index contributed by atoms with van der Waals surface area (Å²) in [7, 11) is 1.58. The monoisotopic (exact) mass is 643 g/mol. The van der Waals surface area contributed by atoms with Crippen LogP contribution in [0.3, 0.4) is 0 Å². The van der Waals surface area contributed by atoms with E-state index in [-0.39, 0.29) is 29.1 Å². The van der Waals surface area contributed by atoms with Crippen molar-refractivity contribution in [3.05, 3.63) is 94.0 Å². The van der Waals surface area contributed by atoms with Crippen molar-refractivity contribution >= 4 is 23.4 Å². The number of halogens is 1. The first kappa shape index (κ1) is 33.2. The Labute approximate surface area is 275 Å². The fourth-order valence-corrected chi connectivity index (χ4v) is 6.20. The number of unbranched alkanes of at least 4 members (excludes halogenated alkanes) is 2. The first-order valence-corrected chi connectivity index (χ1v) is 16.4. The normalized spacial score (nSPS) is 14.2. The Morgan fingerprint density at radius 2 is 1.78 bits per heavy atom. The number of rotatable bonds is 12. The summed E-state index contributed by atoms with van der Waals surface area (Å²) in [5.41, 5.74) is 5.27. The van der Waals surface area contributed by atoms with Gasteiger partial charge in [0.2, 0.25) is 0 Å². The summed E-state index contributed by atoms with van der Waals surface area (Å²) in [6, 6.07) is 15.0. The Balaban J connectivity index is 1.63. The molecule has 2 amide bonds. The van der Waals surface area contributed by atoms with Gasteiger partial charge in [0.25, 0.3) is 11.8 Å². The molecule has 0 aliphatic carbocycles. The number of fused-ring (bicyclic) bond motifs is 1. The van der Waals surface area contributed by atoms with Crippen molar-refractivity contribution < 1.29 is 19.4 Å². The minimum absolute atomic E-state index is 0.171. The van der Waals surface area contributed by atoms with Gasteiger partial charge in [-0.2, -0.15) is 5.10 Å². The van der Waals surface area contributed by atoms with E-state index in [9.17, 15) is 14.7 Å². The minimum atomic E-state index is -0.403. The zero-order chi connectivity index (χ0) is 32.8. The van der Waals surface area contributed by atoms with Gasteiger partial charge in [-0.05, 0) is 61.1 Å². The van der Waals surface area contributed by atoms with Crippen LogP contribution in [0.15, 0.2) is 60.9 Å². The summed E-state index contributed by atoms with van der Waals surface area (Å²) in [6.07, 6.45) is 7.55. The minimum Gasteiger partial charge on any atom is -0.494 e. The number of aromatic nitrogens is 3. The van der Waals surface area contributed by atoms with Crippen molar-refractivity contribution in [2.45, 2.75) is 65.5 Å². The maximum Gasteiger partial charge on any atom is 0.275 e. The standard InChI is InChI=1S/C36H42ClN5O4/c1-5-7-17-40(18-8-6-2)36(45)34-33(37)24(3)42(39-34)31-14-13-26(29-15-16-38-21-32(29)46-4)20-30(31)35(44)41-22-27-12-10-9-11-25(27)19-28(41)23-43/h9-16,20-21,28,43H,5-8,17-19,22-23H2,1-4H3/t28-/m0/s1. The van der Waals surface area contributed by atoms with Crippen LogP contribution < -0.4 is 4.74 Å². The number of carbonyl (C=O) groups is 2. The molecule has 1 atom stereocenters. The molecule has 1 aliphatic rings. The maximum absolute atomic E-state index is 14.6. The Hall–Kier alpha value is -4.21. The smallest absolute Gasteiger partial charge is 0.275 e. The highest BCUT2D eigenvalue weighted by atomic mass is 35.5. The molecule has 10 heteroatoms. The zero-order valence-electron chi connectivity index (χ0n) is 27.0. The second kappa shape index (κ2) is 14.9. The summed E-state index contributed by atoms with van der Waals surface area (Å²) in [5, 5.41) is 15.4. The number of methoxy groups -OCH3 is 1. The number of hydrogen-bond donors (Lipinski definition) is 1. The highest BCUT2D eigenvalue weighted by Gasteiger charge is 2.33. The summed E-state index contributed by atoms with van der Waals surface area (Å²) in [6.45, 7) is 7.43. The molecule has 242 valence electrons. The Kier molecular flexibility index (Phi) is 10.8. The van der Waals surface area contributed by atoms with Crippen LogP contribution in [0.5, 0.6) is 5.75 Å². The molecule has 1 aliphatic heterocycles. The first-order valence-electron chi connectivity index (χ1n) is 16.0. The highest BCUT2D eigenvalue weighted by Crippen LogP contribution is 2.34. The molecule has 4 aromatic rings. The van der Waals surface area contributed by atoms with E-state index in [1.165, 1.54) is 0 Å². The number of carbonyl (C=O) groups excluding carboxylic acids is 2. The molecular weight excluding hydrogens is 602 g/mol. The number of hydrogen-bond acceptors (Lipinski definition) is 6. The second-order valence-corrected chi connectivity index (χ2v) is 12.1. The van der Waals surface area contributed by atoms with Crippen molar-refractivity contribution in [1.29, 1.82) is 0 Å². The van der Waals surface area contributed by atoms with Crippen LogP contribution in [0.25, 0.3) is 16.8 Å². The molecule has 0 bridgehead atoms. The Morgan fingerprint density at radius 3 is 2.46 bits per heavy atom. The van der Waals surface area contributed by atoms with E-state index in [0.29, 0.717) is 48.7 Å². The number of pyridine rings is 1. The van der Waals surface area contributed by atoms with Gasteiger partial charge < -0.3 is 19.6 Å². The summed E-state index contributed by atoms with van der Waals surface area (Å²) >= 11 is 6.84. The van der Waals surface area contributed by atoms with Gasteiger partial charge >= 0.3 is 0 Å². The van der Waals surface area contributed by atoms with Crippen LogP contribution in [-0.4, -0.2) is 74.3 Å². The SMILES string of the molecule is CCCCN(CCCC)C(=O)c1nn(-c2ccc(-c3ccncc3OC)cc2C(=O)N2Cc3ccccc3C[C@H]2CO)c(C)c1Cl. The molecule has 0 saturated carbocycles. The number of nitrogens with zero attached hydrogens (tertiary/aromatic N) is 5. The number of benzene rings is 2. The topological polar surface area (TPSA) is 101 Å². The molecule has 0 fully saturated rings. The zero-order valence-corrected chi connectivity index (χ0v) is 27.8. The van der Waals surface area contributed by atoms with Gasteiger partial charge in [-0.15, -0.1) is 0 Å². The lowest BCUT2D eigenvalue weighted by Crippen LogP contribution is -2.46. The Morgan fingerprint density at radius 1 is 1.07 bits per heavy atom. The van der Waals surface area contributed by atoms with Gasteiger partial charge in [-0.25, -0.2) is 4.68 Å². The number of aliphatic hydroxyl groups excluding tert-OH is 1. The van der Waals surface area contributed by atoms with Gasteiger partial charge in [0.15, 0.2) is 5.69 Å². The van der Waals surface area contributed by atoms with Crippen LogP contribution >= 0.6 is 11.6 Å². The molecule has 5 rings (SSSR count). The van der Waals surface area contributed by atoms with Gasteiger partial charge in [-0.1, -0.05) is 68.6 Å². The van der Waals surface area contributed by atoms with Crippen LogP contribution in [0.2, 0.25) is 5.02 Å². The molecule has 3 heterocycles. The van der Waals surface area contributed by atoms with E-state index < -0.39 is 6.04 Å². The van der Waals surface area contributed by atoms with Gasteiger partial charge in [0, 0.05) is 31.4 Å². The number of amides is 2. The van der Waals surface area contributed by atoms with E-state index in [1.54, 1.807) is 36.0 Å². The van der Waals surface area contributed by atoms with E-state index in [0.717, 1.165) is 47.9 Å². The van der Waals surface area contributed by atoms with E-state index in [2.05, 4.69) is 18.8 Å². The van der Waals surface area contributed by atoms with E-state index in [4.69, 9.17) is 21.4 Å². The Bertz CT molecular complexity index is 1700. The van der Waals surface area contributed by atoms with Gasteiger partial charge in [0.05, 0.1) is 47.9 Å². The van der Waals surface area contributed by atoms with Gasteiger partial charge in [0.1, 0.15) is 5.75 Å². The molecular formula is C36H42ClN5O4. The largest absolute Gasteiger partial charge is 0.494 e. The lowest BCUT2D eigenvalue weighted by atomic mass is 9.93.